The summed E-state index contributed by atoms with van der Waals surface area (Å²) < 4.78 is 50.0. The molecule has 6 rings (SSSR count). The Morgan fingerprint density at radius 1 is 0.909 bits per heavy atom. The molecule has 0 spiro atoms. The quantitative estimate of drug-likeness (QED) is 0.362. The molecule has 0 radical (unpaired) electrons. The molecule has 0 aromatic carbocycles. The van der Waals surface area contributed by atoms with Gasteiger partial charge in [-0.05, 0) is 44.2 Å². The number of anilines is 3. The van der Waals surface area contributed by atoms with Crippen LogP contribution in [0.25, 0.3) is 10.9 Å². The number of ether oxygens (including phenoxy) is 2. The zero-order valence-electron chi connectivity index (χ0n) is 25.8. The number of hydrogen-bond acceptors (Lipinski definition) is 10. The molecular weight excluding hydrogens is 573 g/mol. The van der Waals surface area contributed by atoms with Crippen LogP contribution in [0.3, 0.4) is 0 Å². The maximum absolute atomic E-state index is 12.7. The molecule has 44 heavy (non-hydrogen) atoms. The highest BCUT2D eigenvalue weighted by molar-refractivity contribution is 5.86. The molecule has 1 aliphatic carbocycles. The van der Waals surface area contributed by atoms with Crippen molar-refractivity contribution in [2.75, 3.05) is 74.1 Å². The van der Waals surface area contributed by atoms with Crippen LogP contribution in [0.1, 0.15) is 47.9 Å². The lowest BCUT2D eigenvalue weighted by atomic mass is 9.93. The van der Waals surface area contributed by atoms with E-state index < -0.39 is 12.7 Å². The Morgan fingerprint density at radius 2 is 1.59 bits per heavy atom. The summed E-state index contributed by atoms with van der Waals surface area (Å²) in [7, 11) is 0. The third-order valence-corrected chi connectivity index (χ3v) is 8.17. The second-order valence-corrected chi connectivity index (χ2v) is 11.3. The van der Waals surface area contributed by atoms with Gasteiger partial charge >= 0.3 is 6.18 Å². The Bertz CT molecular complexity index is 1350. The highest BCUT2D eigenvalue weighted by Gasteiger charge is 2.32. The first-order chi connectivity index (χ1) is 21.3. The molecule has 0 bridgehead atoms. The van der Waals surface area contributed by atoms with Gasteiger partial charge in [0.25, 0.3) is 0 Å². The van der Waals surface area contributed by atoms with Crippen molar-refractivity contribution in [3.63, 3.8) is 0 Å². The number of halogens is 3. The topological polar surface area (TPSA) is 91.8 Å². The smallest absolute Gasteiger partial charge is 0.401 e. The summed E-state index contributed by atoms with van der Waals surface area (Å²) in [4.78, 5) is 24.2. The number of nitrogens with zero attached hydrogens (tertiary/aromatic N) is 7. The zero-order chi connectivity index (χ0) is 31.1. The fraction of sp³-hybridized carbons (Fsp3) is 0.613. The van der Waals surface area contributed by atoms with E-state index in [0.717, 1.165) is 66.7 Å². The van der Waals surface area contributed by atoms with Crippen LogP contribution >= 0.6 is 0 Å². The van der Waals surface area contributed by atoms with Crippen molar-refractivity contribution in [3.8, 4) is 5.88 Å². The van der Waals surface area contributed by atoms with Gasteiger partial charge in [0.05, 0.1) is 48.7 Å². The van der Waals surface area contributed by atoms with Crippen LogP contribution in [0.5, 0.6) is 5.88 Å². The molecule has 13 heteroatoms. The van der Waals surface area contributed by atoms with Crippen LogP contribution in [-0.4, -0.2) is 102 Å². The van der Waals surface area contributed by atoms with E-state index >= 15 is 0 Å². The number of aryl methyl sites for hydroxylation is 1. The van der Waals surface area contributed by atoms with Crippen LogP contribution in [0, 0.1) is 6.92 Å². The highest BCUT2D eigenvalue weighted by Crippen LogP contribution is 2.32. The number of aromatic nitrogens is 4. The molecule has 3 aliphatic rings. The van der Waals surface area contributed by atoms with Gasteiger partial charge in [-0.2, -0.15) is 18.2 Å². The summed E-state index contributed by atoms with van der Waals surface area (Å²) in [5.41, 5.74) is 2.77. The minimum atomic E-state index is -4.17. The number of rotatable bonds is 7. The Hall–Kier alpha value is -3.45. The van der Waals surface area contributed by atoms with E-state index in [2.05, 4.69) is 31.2 Å². The van der Waals surface area contributed by atoms with Crippen molar-refractivity contribution < 1.29 is 25.5 Å². The summed E-state index contributed by atoms with van der Waals surface area (Å²) >= 11 is 0. The molecule has 10 nitrogen and oxygen atoms in total. The molecular formula is C31H47F3N8O2. The zero-order valence-corrected chi connectivity index (χ0v) is 25.8. The van der Waals surface area contributed by atoms with Crippen molar-refractivity contribution in [1.82, 2.24) is 24.8 Å². The Balaban J connectivity index is 0.00000141. The first kappa shape index (κ1) is 32.0. The van der Waals surface area contributed by atoms with E-state index in [4.69, 9.17) is 14.5 Å². The number of nitrogens with one attached hydrogen (secondary N) is 1. The number of morpholine rings is 1. The summed E-state index contributed by atoms with van der Waals surface area (Å²) in [6, 6.07) is 4.35. The summed E-state index contributed by atoms with van der Waals surface area (Å²) in [5, 5.41) is 4.38. The average molecular weight is 621 g/mol. The minimum Gasteiger partial charge on any atom is -0.474 e. The lowest BCUT2D eigenvalue weighted by Crippen LogP contribution is -2.49. The molecule has 1 saturated carbocycles. The minimum absolute atomic E-state index is 0. The van der Waals surface area contributed by atoms with Crippen LogP contribution in [-0.2, 0) is 4.74 Å². The second kappa shape index (κ2) is 14.6. The van der Waals surface area contributed by atoms with Gasteiger partial charge in [-0.15, -0.1) is 0 Å². The van der Waals surface area contributed by atoms with E-state index in [0.29, 0.717) is 51.2 Å². The predicted molar refractivity (Wildman–Crippen MR) is 170 cm³/mol. The predicted octanol–water partition coefficient (Wildman–Crippen LogP) is 5.57. The van der Waals surface area contributed by atoms with Crippen LogP contribution < -0.4 is 19.9 Å². The fourth-order valence-electron chi connectivity index (χ4n) is 5.87. The number of fused-ring (bicyclic) bond motifs is 1. The molecule has 3 fully saturated rings. The van der Waals surface area contributed by atoms with Crippen molar-refractivity contribution in [2.45, 2.75) is 64.8 Å². The summed E-state index contributed by atoms with van der Waals surface area (Å²) in [5.74, 6) is 2.07. The van der Waals surface area contributed by atoms with Gasteiger partial charge in [0.1, 0.15) is 11.9 Å². The monoisotopic (exact) mass is 620 g/mol. The number of pyridine rings is 2. The standard InChI is InChI=1S/C29H37F3N8O2.C2H6.2H2/c1-20-14-24-25(33-16-20)15-26(40-10-12-41-13-11-40)37-27(24)42-23-4-2-21(3-5-23)36-28-34-17-22(18-35-28)39-8-6-38(7-9-39)19-29(30,31)32;1-2;;/h14-18,21,23H,2-13,19H2,1H3,(H,34,35,36);1-2H3;2*1H. The van der Waals surface area contributed by atoms with Gasteiger partial charge in [-0.1, -0.05) is 13.8 Å². The van der Waals surface area contributed by atoms with Crippen molar-refractivity contribution in [3.05, 3.63) is 36.3 Å². The molecule has 0 unspecified atom stereocenters. The molecule has 244 valence electrons. The third kappa shape index (κ3) is 8.38. The molecule has 3 aromatic rings. The normalized spacial score (nSPS) is 21.5. The third-order valence-electron chi connectivity index (χ3n) is 8.17. The average Bonchev–Trinajstić information content (AvgIpc) is 3.03. The molecule has 1 N–H and O–H groups in total. The van der Waals surface area contributed by atoms with Crippen molar-refractivity contribution in [1.29, 1.82) is 0 Å². The Kier molecular flexibility index (Phi) is 10.6. The SMILES string of the molecule is CC.Cc1cnc2cc(N3CCOCC3)nc(OC3CCC(Nc4ncc(N5CCN(CC(F)(F)F)CC5)cn4)CC3)c2c1.[HH].[HH]. The summed E-state index contributed by atoms with van der Waals surface area (Å²) in [6.45, 7) is 9.88. The molecule has 3 aromatic heterocycles. The maximum atomic E-state index is 12.7. The van der Waals surface area contributed by atoms with E-state index in [1.807, 2.05) is 37.9 Å². The first-order valence-corrected chi connectivity index (χ1v) is 15.7. The second-order valence-electron chi connectivity index (χ2n) is 11.3. The van der Waals surface area contributed by atoms with Gasteiger partial charge in [-0.25, -0.2) is 9.97 Å². The largest absolute Gasteiger partial charge is 0.474 e. The van der Waals surface area contributed by atoms with E-state index in [1.165, 1.54) is 4.90 Å². The number of alkyl halides is 3. The molecule has 2 aliphatic heterocycles. The van der Waals surface area contributed by atoms with Gasteiger partial charge < -0.3 is 24.6 Å². The van der Waals surface area contributed by atoms with E-state index in [1.54, 1.807) is 12.4 Å². The lowest BCUT2D eigenvalue weighted by Gasteiger charge is -2.36. The number of hydrogen-bond donors (Lipinski definition) is 1. The Labute approximate surface area is 259 Å². The maximum Gasteiger partial charge on any atom is 0.401 e. The van der Waals surface area contributed by atoms with Gasteiger partial charge in [0.2, 0.25) is 11.8 Å². The van der Waals surface area contributed by atoms with Gasteiger partial charge in [-0.3, -0.25) is 9.88 Å². The van der Waals surface area contributed by atoms with Crippen molar-refractivity contribution >= 4 is 28.4 Å². The first-order valence-electron chi connectivity index (χ1n) is 15.7. The molecule has 5 heterocycles. The van der Waals surface area contributed by atoms with E-state index in [-0.39, 0.29) is 15.0 Å². The van der Waals surface area contributed by atoms with Crippen LogP contribution in [0.4, 0.5) is 30.6 Å². The van der Waals surface area contributed by atoms with Gasteiger partial charge in [0, 0.05) is 60.4 Å². The summed E-state index contributed by atoms with van der Waals surface area (Å²) in [6.07, 6.45) is 4.84. The fourth-order valence-corrected chi connectivity index (χ4v) is 5.87. The van der Waals surface area contributed by atoms with Crippen LogP contribution in [0.2, 0.25) is 0 Å². The molecule has 0 amide bonds. The van der Waals surface area contributed by atoms with Crippen LogP contribution in [0.15, 0.2) is 30.7 Å². The highest BCUT2D eigenvalue weighted by atomic mass is 19.4. The Morgan fingerprint density at radius 3 is 2.25 bits per heavy atom. The molecule has 0 atom stereocenters. The van der Waals surface area contributed by atoms with Gasteiger partial charge in [0.15, 0.2) is 0 Å². The molecule has 2 saturated heterocycles. The van der Waals surface area contributed by atoms with E-state index in [9.17, 15) is 13.2 Å². The number of piperazine rings is 1. The lowest BCUT2D eigenvalue weighted by molar-refractivity contribution is -0.146. The van der Waals surface area contributed by atoms with Crippen molar-refractivity contribution in [2.24, 2.45) is 0 Å².